The highest BCUT2D eigenvalue weighted by molar-refractivity contribution is 5.80. The fourth-order valence-electron chi connectivity index (χ4n) is 3.54. The van der Waals surface area contributed by atoms with Crippen LogP contribution in [0.5, 0.6) is 11.5 Å². The molecule has 1 aliphatic heterocycles. The fourth-order valence-corrected chi connectivity index (χ4v) is 3.54. The second-order valence-corrected chi connectivity index (χ2v) is 7.23. The van der Waals surface area contributed by atoms with Gasteiger partial charge in [0.1, 0.15) is 11.5 Å². The van der Waals surface area contributed by atoms with Crippen LogP contribution in [0.1, 0.15) is 24.6 Å². The highest BCUT2D eigenvalue weighted by Crippen LogP contribution is 2.24. The van der Waals surface area contributed by atoms with Gasteiger partial charge in [0, 0.05) is 51.5 Å². The molecule has 2 heterocycles. The van der Waals surface area contributed by atoms with Gasteiger partial charge in [-0.25, -0.2) is 4.99 Å². The van der Waals surface area contributed by atoms with Crippen LogP contribution in [-0.2, 0) is 20.1 Å². The molecule has 8 nitrogen and oxygen atoms in total. The number of nitrogens with one attached hydrogen (secondary N) is 2. The number of likely N-dealkylation sites (tertiary alicyclic amines) is 1. The van der Waals surface area contributed by atoms with Crippen molar-refractivity contribution in [1.82, 2.24) is 25.3 Å². The second kappa shape index (κ2) is 10.2. The molecule has 0 radical (unpaired) electrons. The third-order valence-electron chi connectivity index (χ3n) is 5.10. The van der Waals surface area contributed by atoms with E-state index >= 15 is 0 Å². The first-order chi connectivity index (χ1) is 14.1. The molecule has 0 bridgehead atoms. The lowest BCUT2D eigenvalue weighted by molar-refractivity contribution is 0.321. The molecule has 0 aliphatic carbocycles. The summed E-state index contributed by atoms with van der Waals surface area (Å²) >= 11 is 0. The molecule has 3 rings (SSSR count). The van der Waals surface area contributed by atoms with Gasteiger partial charge in [0.15, 0.2) is 5.96 Å². The third-order valence-corrected chi connectivity index (χ3v) is 5.10. The first-order valence-corrected chi connectivity index (χ1v) is 10.1. The van der Waals surface area contributed by atoms with Crippen LogP contribution in [0, 0.1) is 0 Å². The van der Waals surface area contributed by atoms with Crippen molar-refractivity contribution in [2.75, 3.05) is 33.9 Å². The minimum atomic E-state index is 0.367. The molecule has 2 aromatic rings. The predicted molar refractivity (Wildman–Crippen MR) is 114 cm³/mol. The van der Waals surface area contributed by atoms with Gasteiger partial charge in [-0.2, -0.15) is 5.10 Å². The van der Waals surface area contributed by atoms with E-state index in [0.29, 0.717) is 12.6 Å². The summed E-state index contributed by atoms with van der Waals surface area (Å²) in [4.78, 5) is 7.16. The van der Waals surface area contributed by atoms with E-state index in [1.54, 1.807) is 20.4 Å². The van der Waals surface area contributed by atoms with Gasteiger partial charge in [-0.15, -0.1) is 0 Å². The molecule has 0 saturated carbocycles. The lowest BCUT2D eigenvalue weighted by Gasteiger charge is -2.19. The number of aromatic nitrogens is 2. The number of ether oxygens (including phenoxy) is 2. The summed E-state index contributed by atoms with van der Waals surface area (Å²) in [6, 6.07) is 8.41. The Morgan fingerprint density at radius 3 is 2.62 bits per heavy atom. The maximum atomic E-state index is 5.39. The monoisotopic (exact) mass is 400 g/mol. The van der Waals surface area contributed by atoms with Crippen LogP contribution in [0.2, 0.25) is 0 Å². The van der Waals surface area contributed by atoms with Crippen molar-refractivity contribution in [1.29, 1.82) is 0 Å². The van der Waals surface area contributed by atoms with Crippen molar-refractivity contribution >= 4 is 5.96 Å². The molecule has 29 heavy (non-hydrogen) atoms. The zero-order valence-electron chi connectivity index (χ0n) is 17.8. The van der Waals surface area contributed by atoms with Crippen LogP contribution >= 0.6 is 0 Å². The largest absolute Gasteiger partial charge is 0.497 e. The van der Waals surface area contributed by atoms with Gasteiger partial charge < -0.3 is 20.1 Å². The molecule has 1 saturated heterocycles. The molecule has 1 unspecified atom stereocenters. The average molecular weight is 401 g/mol. The Morgan fingerprint density at radius 2 is 2.00 bits per heavy atom. The Morgan fingerprint density at radius 1 is 1.24 bits per heavy atom. The highest BCUT2D eigenvalue weighted by Gasteiger charge is 2.23. The minimum Gasteiger partial charge on any atom is -0.497 e. The Balaban J connectivity index is 1.57. The quantitative estimate of drug-likeness (QED) is 0.520. The van der Waals surface area contributed by atoms with E-state index in [1.807, 2.05) is 23.9 Å². The smallest absolute Gasteiger partial charge is 0.191 e. The maximum Gasteiger partial charge on any atom is 0.191 e. The van der Waals surface area contributed by atoms with E-state index in [1.165, 1.54) is 5.56 Å². The molecule has 0 amide bonds. The van der Waals surface area contributed by atoms with Crippen molar-refractivity contribution in [3.05, 3.63) is 41.7 Å². The van der Waals surface area contributed by atoms with Gasteiger partial charge in [-0.05, 0) is 37.1 Å². The molecule has 158 valence electrons. The second-order valence-electron chi connectivity index (χ2n) is 7.23. The molecule has 1 aromatic carbocycles. The van der Waals surface area contributed by atoms with Crippen molar-refractivity contribution in [3.63, 3.8) is 0 Å². The number of benzene rings is 1. The topological polar surface area (TPSA) is 75.9 Å². The SMILES string of the molecule is CCNC(=NCc1ccnn1C)NC1CCN(Cc2cc(OC)cc(OC)c2)C1. The summed E-state index contributed by atoms with van der Waals surface area (Å²) in [6.45, 7) is 6.39. The number of hydrogen-bond acceptors (Lipinski definition) is 5. The van der Waals surface area contributed by atoms with Crippen LogP contribution < -0.4 is 20.1 Å². The van der Waals surface area contributed by atoms with E-state index in [4.69, 9.17) is 14.5 Å². The Hall–Kier alpha value is -2.74. The van der Waals surface area contributed by atoms with Crippen molar-refractivity contribution < 1.29 is 9.47 Å². The number of guanidine groups is 1. The summed E-state index contributed by atoms with van der Waals surface area (Å²) in [6.07, 6.45) is 2.88. The van der Waals surface area contributed by atoms with Crippen LogP contribution in [0.3, 0.4) is 0 Å². The number of aliphatic imine (C=N–C) groups is 1. The molecule has 8 heteroatoms. The summed E-state index contributed by atoms with van der Waals surface area (Å²) in [5.41, 5.74) is 2.28. The molecule has 1 aliphatic rings. The summed E-state index contributed by atoms with van der Waals surface area (Å²) in [5, 5.41) is 11.1. The number of nitrogens with zero attached hydrogens (tertiary/aromatic N) is 4. The van der Waals surface area contributed by atoms with Crippen LogP contribution in [0.15, 0.2) is 35.5 Å². The van der Waals surface area contributed by atoms with Gasteiger partial charge in [-0.3, -0.25) is 9.58 Å². The first-order valence-electron chi connectivity index (χ1n) is 10.1. The number of methoxy groups -OCH3 is 2. The van der Waals surface area contributed by atoms with E-state index in [2.05, 4.69) is 39.7 Å². The third kappa shape index (κ3) is 5.87. The standard InChI is InChI=1S/C21H32N6O2/c1-5-22-21(23-13-18-6-8-24-26(18)2)25-17-7-9-27(15-17)14-16-10-19(28-3)12-20(11-16)29-4/h6,8,10-12,17H,5,7,9,13-15H2,1-4H3,(H2,22,23,25). The van der Waals surface area contributed by atoms with Crippen molar-refractivity contribution in [2.24, 2.45) is 12.0 Å². The van der Waals surface area contributed by atoms with E-state index in [0.717, 1.165) is 55.8 Å². The Bertz CT molecular complexity index is 797. The normalized spacial score (nSPS) is 17.4. The maximum absolute atomic E-state index is 5.39. The Kier molecular flexibility index (Phi) is 7.35. The average Bonchev–Trinajstić information content (AvgIpc) is 3.34. The van der Waals surface area contributed by atoms with E-state index in [-0.39, 0.29) is 0 Å². The minimum absolute atomic E-state index is 0.367. The fraction of sp³-hybridized carbons (Fsp3) is 0.524. The zero-order valence-corrected chi connectivity index (χ0v) is 17.8. The molecule has 1 atom stereocenters. The van der Waals surface area contributed by atoms with Crippen LogP contribution in [0.4, 0.5) is 0 Å². The number of hydrogen-bond donors (Lipinski definition) is 2. The predicted octanol–water partition coefficient (Wildman–Crippen LogP) is 1.77. The molecular formula is C21H32N6O2. The van der Waals surface area contributed by atoms with Crippen LogP contribution in [0.25, 0.3) is 0 Å². The number of aryl methyl sites for hydroxylation is 1. The molecular weight excluding hydrogens is 368 g/mol. The van der Waals surface area contributed by atoms with Gasteiger partial charge >= 0.3 is 0 Å². The lowest BCUT2D eigenvalue weighted by Crippen LogP contribution is -2.44. The van der Waals surface area contributed by atoms with E-state index in [9.17, 15) is 0 Å². The molecule has 1 aromatic heterocycles. The summed E-state index contributed by atoms with van der Waals surface area (Å²) < 4.78 is 12.6. The molecule has 1 fully saturated rings. The Labute approximate surface area is 172 Å². The summed E-state index contributed by atoms with van der Waals surface area (Å²) in [7, 11) is 5.30. The van der Waals surface area contributed by atoms with Crippen molar-refractivity contribution in [2.45, 2.75) is 32.5 Å². The summed E-state index contributed by atoms with van der Waals surface area (Å²) in [5.74, 6) is 2.50. The molecule has 2 N–H and O–H groups in total. The van der Waals surface area contributed by atoms with Crippen molar-refractivity contribution in [3.8, 4) is 11.5 Å². The van der Waals surface area contributed by atoms with Gasteiger partial charge in [0.05, 0.1) is 26.5 Å². The van der Waals surface area contributed by atoms with E-state index < -0.39 is 0 Å². The van der Waals surface area contributed by atoms with Gasteiger partial charge in [0.2, 0.25) is 0 Å². The molecule has 0 spiro atoms. The number of rotatable bonds is 8. The van der Waals surface area contributed by atoms with Gasteiger partial charge in [-0.1, -0.05) is 0 Å². The lowest BCUT2D eigenvalue weighted by atomic mass is 10.2. The highest BCUT2D eigenvalue weighted by atomic mass is 16.5. The van der Waals surface area contributed by atoms with Gasteiger partial charge in [0.25, 0.3) is 0 Å². The first kappa shape index (κ1) is 21.0. The zero-order chi connectivity index (χ0) is 20.6. The van der Waals surface area contributed by atoms with Crippen LogP contribution in [-0.4, -0.2) is 60.5 Å².